The van der Waals surface area contributed by atoms with Crippen LogP contribution in [0.25, 0.3) is 11.1 Å². The Morgan fingerprint density at radius 3 is 2.23 bits per heavy atom. The van der Waals surface area contributed by atoms with Gasteiger partial charge < -0.3 is 15.2 Å². The molecular weight excluding hydrogens is 350 g/mol. The normalized spacial score (nSPS) is 10.4. The zero-order chi connectivity index (χ0) is 18.5. The third-order valence-corrected chi connectivity index (χ3v) is 4.19. The van der Waals surface area contributed by atoms with E-state index in [9.17, 15) is 9.90 Å². The van der Waals surface area contributed by atoms with Crippen LogP contribution in [0.2, 0.25) is 5.02 Å². The molecule has 3 rings (SSSR count). The molecule has 0 radical (unpaired) electrons. The number of rotatable bonds is 5. The van der Waals surface area contributed by atoms with Gasteiger partial charge in [-0.1, -0.05) is 48.0 Å². The summed E-state index contributed by atoms with van der Waals surface area (Å²) in [6.07, 6.45) is 0.242. The van der Waals surface area contributed by atoms with Crippen LogP contribution in [0, 0.1) is 0 Å². The van der Waals surface area contributed by atoms with Crippen molar-refractivity contribution in [1.29, 1.82) is 0 Å². The Balaban J connectivity index is 1.68. The molecule has 26 heavy (non-hydrogen) atoms. The first kappa shape index (κ1) is 17.8. The molecule has 5 heteroatoms. The van der Waals surface area contributed by atoms with Crippen LogP contribution in [0.15, 0.2) is 66.7 Å². The second kappa shape index (κ2) is 7.93. The molecule has 0 bridgehead atoms. The maximum Gasteiger partial charge on any atom is 0.228 e. The van der Waals surface area contributed by atoms with Crippen LogP contribution >= 0.6 is 11.6 Å². The summed E-state index contributed by atoms with van der Waals surface area (Å²) in [6.45, 7) is 0. The average molecular weight is 368 g/mol. The number of carbonyl (C=O) groups is 1. The third kappa shape index (κ3) is 4.35. The molecule has 0 fully saturated rings. The Hall–Kier alpha value is -2.98. The number of hydrogen-bond acceptors (Lipinski definition) is 3. The zero-order valence-electron chi connectivity index (χ0n) is 14.2. The van der Waals surface area contributed by atoms with E-state index in [-0.39, 0.29) is 18.1 Å². The molecule has 0 aromatic heterocycles. The van der Waals surface area contributed by atoms with Gasteiger partial charge in [0.05, 0.1) is 19.2 Å². The quantitative estimate of drug-likeness (QED) is 0.674. The molecule has 0 spiro atoms. The van der Waals surface area contributed by atoms with Gasteiger partial charge in [0.1, 0.15) is 11.5 Å². The van der Waals surface area contributed by atoms with Crippen LogP contribution in [0.4, 0.5) is 5.69 Å². The minimum Gasteiger partial charge on any atom is -0.508 e. The smallest absolute Gasteiger partial charge is 0.228 e. The number of ether oxygens (including phenoxy) is 1. The molecule has 0 aliphatic carbocycles. The maximum absolute atomic E-state index is 12.3. The molecule has 0 aliphatic rings. The minimum atomic E-state index is -0.150. The molecular formula is C21H18ClNO3. The fourth-order valence-corrected chi connectivity index (χ4v) is 2.80. The number of phenols is 1. The number of nitrogens with one attached hydrogen (secondary N) is 1. The van der Waals surface area contributed by atoms with E-state index in [1.165, 1.54) is 0 Å². The Kier molecular flexibility index (Phi) is 5.44. The van der Waals surface area contributed by atoms with Crippen molar-refractivity contribution in [2.24, 2.45) is 0 Å². The molecule has 0 unspecified atom stereocenters. The van der Waals surface area contributed by atoms with Gasteiger partial charge in [0.25, 0.3) is 0 Å². The Labute approximate surface area is 157 Å². The topological polar surface area (TPSA) is 58.6 Å². The SMILES string of the molecule is COc1ccc(Cl)cc1NC(=O)Cc1ccc(-c2ccc(O)cc2)cc1. The first-order valence-electron chi connectivity index (χ1n) is 8.07. The molecule has 4 nitrogen and oxygen atoms in total. The minimum absolute atomic E-state index is 0.150. The van der Waals surface area contributed by atoms with E-state index in [4.69, 9.17) is 16.3 Å². The van der Waals surface area contributed by atoms with Crippen molar-refractivity contribution in [3.8, 4) is 22.6 Å². The Bertz CT molecular complexity index is 906. The molecule has 0 saturated heterocycles. The molecule has 0 atom stereocenters. The number of aromatic hydroxyl groups is 1. The number of anilines is 1. The largest absolute Gasteiger partial charge is 0.508 e. The van der Waals surface area contributed by atoms with Gasteiger partial charge in [-0.25, -0.2) is 0 Å². The van der Waals surface area contributed by atoms with Crippen LogP contribution in [0.5, 0.6) is 11.5 Å². The highest BCUT2D eigenvalue weighted by Gasteiger charge is 2.09. The van der Waals surface area contributed by atoms with Crippen molar-refractivity contribution < 1.29 is 14.6 Å². The summed E-state index contributed by atoms with van der Waals surface area (Å²) in [6, 6.07) is 19.8. The first-order valence-corrected chi connectivity index (χ1v) is 8.44. The van der Waals surface area contributed by atoms with E-state index >= 15 is 0 Å². The molecule has 3 aromatic rings. The van der Waals surface area contributed by atoms with Gasteiger partial charge >= 0.3 is 0 Å². The summed E-state index contributed by atoms with van der Waals surface area (Å²) >= 11 is 5.98. The summed E-state index contributed by atoms with van der Waals surface area (Å²) in [7, 11) is 1.54. The van der Waals surface area contributed by atoms with Crippen LogP contribution in [0.3, 0.4) is 0 Å². The highest BCUT2D eigenvalue weighted by Crippen LogP contribution is 2.28. The van der Waals surface area contributed by atoms with E-state index in [1.807, 2.05) is 36.4 Å². The molecule has 0 heterocycles. The van der Waals surface area contributed by atoms with E-state index in [0.717, 1.165) is 16.7 Å². The lowest BCUT2D eigenvalue weighted by Gasteiger charge is -2.11. The molecule has 2 N–H and O–H groups in total. The highest BCUT2D eigenvalue weighted by molar-refractivity contribution is 6.31. The van der Waals surface area contributed by atoms with Gasteiger partial charge in [-0.05, 0) is 47.0 Å². The Morgan fingerprint density at radius 2 is 1.62 bits per heavy atom. The van der Waals surface area contributed by atoms with E-state index in [0.29, 0.717) is 16.5 Å². The second-order valence-electron chi connectivity index (χ2n) is 5.81. The van der Waals surface area contributed by atoms with E-state index in [2.05, 4.69) is 5.32 Å². The lowest BCUT2D eigenvalue weighted by molar-refractivity contribution is -0.115. The van der Waals surface area contributed by atoms with Gasteiger partial charge in [-0.2, -0.15) is 0 Å². The first-order chi connectivity index (χ1) is 12.5. The molecule has 0 saturated carbocycles. The number of methoxy groups -OCH3 is 1. The fraction of sp³-hybridized carbons (Fsp3) is 0.0952. The van der Waals surface area contributed by atoms with Crippen molar-refractivity contribution in [2.45, 2.75) is 6.42 Å². The number of amides is 1. The number of halogens is 1. The van der Waals surface area contributed by atoms with E-state index < -0.39 is 0 Å². The zero-order valence-corrected chi connectivity index (χ0v) is 15.0. The van der Waals surface area contributed by atoms with Gasteiger partial charge in [0, 0.05) is 5.02 Å². The number of hydrogen-bond donors (Lipinski definition) is 2. The third-order valence-electron chi connectivity index (χ3n) is 3.95. The number of benzene rings is 3. The van der Waals surface area contributed by atoms with Crippen LogP contribution in [-0.2, 0) is 11.2 Å². The van der Waals surface area contributed by atoms with Crippen molar-refractivity contribution in [2.75, 3.05) is 12.4 Å². The average Bonchev–Trinajstić information content (AvgIpc) is 2.63. The van der Waals surface area contributed by atoms with Crippen molar-refractivity contribution in [1.82, 2.24) is 0 Å². The summed E-state index contributed by atoms with van der Waals surface area (Å²) in [5.41, 5.74) is 3.46. The van der Waals surface area contributed by atoms with Gasteiger partial charge in [-0.3, -0.25) is 4.79 Å². The van der Waals surface area contributed by atoms with Gasteiger partial charge in [0.2, 0.25) is 5.91 Å². The predicted octanol–water partition coefficient (Wildman–Crippen LogP) is 4.90. The lowest BCUT2D eigenvalue weighted by Crippen LogP contribution is -2.15. The molecule has 3 aromatic carbocycles. The summed E-state index contributed by atoms with van der Waals surface area (Å²) in [5, 5.41) is 12.7. The Morgan fingerprint density at radius 1 is 1.00 bits per heavy atom. The van der Waals surface area contributed by atoms with Crippen molar-refractivity contribution >= 4 is 23.2 Å². The lowest BCUT2D eigenvalue weighted by atomic mass is 10.0. The highest BCUT2D eigenvalue weighted by atomic mass is 35.5. The van der Waals surface area contributed by atoms with E-state index in [1.54, 1.807) is 37.4 Å². The summed E-state index contributed by atoms with van der Waals surface area (Å²) in [5.74, 6) is 0.645. The maximum atomic E-state index is 12.3. The van der Waals surface area contributed by atoms with Crippen molar-refractivity contribution in [3.05, 3.63) is 77.3 Å². The van der Waals surface area contributed by atoms with Gasteiger partial charge in [-0.15, -0.1) is 0 Å². The number of phenolic OH excluding ortho intramolecular Hbond substituents is 1. The van der Waals surface area contributed by atoms with Gasteiger partial charge in [0.15, 0.2) is 0 Å². The van der Waals surface area contributed by atoms with Crippen LogP contribution < -0.4 is 10.1 Å². The number of carbonyl (C=O) groups excluding carboxylic acids is 1. The fourth-order valence-electron chi connectivity index (χ4n) is 2.63. The van der Waals surface area contributed by atoms with Crippen LogP contribution in [0.1, 0.15) is 5.56 Å². The molecule has 132 valence electrons. The predicted molar refractivity (Wildman–Crippen MR) is 104 cm³/mol. The van der Waals surface area contributed by atoms with Crippen LogP contribution in [-0.4, -0.2) is 18.1 Å². The van der Waals surface area contributed by atoms with Crippen molar-refractivity contribution in [3.63, 3.8) is 0 Å². The molecule has 1 amide bonds. The second-order valence-corrected chi connectivity index (χ2v) is 6.25. The standard InChI is InChI=1S/C21H18ClNO3/c1-26-20-11-8-17(22)13-19(20)23-21(25)12-14-2-4-15(5-3-14)16-6-9-18(24)10-7-16/h2-11,13,24H,12H2,1H3,(H,23,25). The monoisotopic (exact) mass is 367 g/mol. The summed E-state index contributed by atoms with van der Waals surface area (Å²) < 4.78 is 5.23. The molecule has 0 aliphatic heterocycles. The summed E-state index contributed by atoms with van der Waals surface area (Å²) in [4.78, 5) is 12.3.